The first kappa shape index (κ1) is 15.3. The summed E-state index contributed by atoms with van der Waals surface area (Å²) in [7, 11) is 2.13. The largest absolute Gasteiger partial charge is 0.319 e. The molecule has 1 N–H and O–H groups in total. The Bertz CT molecular complexity index is 274. The topological polar surface area (TPSA) is 15.3 Å². The number of likely N-dealkylation sites (tertiary alicyclic amines) is 1. The van der Waals surface area contributed by atoms with Crippen molar-refractivity contribution in [1.82, 2.24) is 10.2 Å². The van der Waals surface area contributed by atoms with Gasteiger partial charge in [0, 0.05) is 25.2 Å². The van der Waals surface area contributed by atoms with Gasteiger partial charge >= 0.3 is 0 Å². The summed E-state index contributed by atoms with van der Waals surface area (Å²) in [6.45, 7) is 9.79. The average Bonchev–Trinajstić information content (AvgIpc) is 2.70. The first-order valence-electron chi connectivity index (χ1n) is 8.50. The van der Waals surface area contributed by atoms with Crippen molar-refractivity contribution >= 4 is 0 Å². The molecule has 19 heavy (non-hydrogen) atoms. The van der Waals surface area contributed by atoms with Crippen LogP contribution in [0.25, 0.3) is 0 Å². The van der Waals surface area contributed by atoms with Crippen molar-refractivity contribution in [2.24, 2.45) is 11.3 Å². The quantitative estimate of drug-likeness (QED) is 0.817. The van der Waals surface area contributed by atoms with Gasteiger partial charge in [-0.3, -0.25) is 4.90 Å². The van der Waals surface area contributed by atoms with Gasteiger partial charge in [-0.2, -0.15) is 0 Å². The van der Waals surface area contributed by atoms with E-state index in [9.17, 15) is 0 Å². The Morgan fingerprint density at radius 3 is 2.63 bits per heavy atom. The number of rotatable bonds is 5. The Morgan fingerprint density at radius 1 is 1.21 bits per heavy atom. The van der Waals surface area contributed by atoms with Crippen LogP contribution in [0.2, 0.25) is 0 Å². The van der Waals surface area contributed by atoms with Crippen LogP contribution in [0.5, 0.6) is 0 Å². The van der Waals surface area contributed by atoms with Gasteiger partial charge in [-0.15, -0.1) is 0 Å². The predicted molar refractivity (Wildman–Crippen MR) is 83.5 cm³/mol. The molecular formula is C17H34N2. The minimum absolute atomic E-state index is 0.540. The second-order valence-electron chi connectivity index (χ2n) is 7.39. The summed E-state index contributed by atoms with van der Waals surface area (Å²) in [6.07, 6.45) is 9.88. The first-order valence-corrected chi connectivity index (χ1v) is 8.50. The molecule has 1 heterocycles. The maximum atomic E-state index is 3.49. The summed E-state index contributed by atoms with van der Waals surface area (Å²) >= 11 is 0. The molecule has 2 aliphatic rings. The van der Waals surface area contributed by atoms with Crippen LogP contribution in [-0.4, -0.2) is 37.1 Å². The van der Waals surface area contributed by atoms with Crippen molar-refractivity contribution < 1.29 is 0 Å². The van der Waals surface area contributed by atoms with E-state index >= 15 is 0 Å². The van der Waals surface area contributed by atoms with Crippen LogP contribution in [0.1, 0.15) is 65.7 Å². The van der Waals surface area contributed by atoms with Gasteiger partial charge in [0.2, 0.25) is 0 Å². The Kier molecular flexibility index (Phi) is 5.30. The van der Waals surface area contributed by atoms with Crippen molar-refractivity contribution in [2.75, 3.05) is 20.1 Å². The molecule has 0 radical (unpaired) electrons. The fourth-order valence-electron chi connectivity index (χ4n) is 4.74. The molecule has 112 valence electrons. The molecule has 0 bridgehead atoms. The van der Waals surface area contributed by atoms with Crippen molar-refractivity contribution in [3.05, 3.63) is 0 Å². The third-order valence-electron chi connectivity index (χ3n) is 5.68. The molecule has 1 aliphatic carbocycles. The van der Waals surface area contributed by atoms with E-state index in [4.69, 9.17) is 0 Å². The molecule has 2 fully saturated rings. The lowest BCUT2D eigenvalue weighted by atomic mass is 9.69. The highest BCUT2D eigenvalue weighted by Crippen LogP contribution is 2.41. The Balaban J connectivity index is 2.06. The summed E-state index contributed by atoms with van der Waals surface area (Å²) in [4.78, 5) is 2.84. The highest BCUT2D eigenvalue weighted by molar-refractivity contribution is 4.94. The molecule has 4 atom stereocenters. The van der Waals surface area contributed by atoms with Gasteiger partial charge in [0.25, 0.3) is 0 Å². The van der Waals surface area contributed by atoms with Crippen LogP contribution in [0.15, 0.2) is 0 Å². The molecule has 1 saturated carbocycles. The van der Waals surface area contributed by atoms with E-state index in [1.165, 1.54) is 58.0 Å². The highest BCUT2D eigenvalue weighted by Gasteiger charge is 2.40. The minimum Gasteiger partial charge on any atom is -0.319 e. The number of nitrogens with zero attached hydrogens (tertiary/aromatic N) is 1. The zero-order valence-corrected chi connectivity index (χ0v) is 13.5. The van der Waals surface area contributed by atoms with Crippen LogP contribution in [0.4, 0.5) is 0 Å². The smallest absolute Gasteiger partial charge is 0.00962 e. The van der Waals surface area contributed by atoms with E-state index < -0.39 is 0 Å². The van der Waals surface area contributed by atoms with Gasteiger partial charge in [-0.25, -0.2) is 0 Å². The number of nitrogens with one attached hydrogen (secondary N) is 1. The molecule has 1 aliphatic heterocycles. The van der Waals surface area contributed by atoms with Crippen LogP contribution in [0.3, 0.4) is 0 Å². The van der Waals surface area contributed by atoms with Gasteiger partial charge in [0.15, 0.2) is 0 Å². The lowest BCUT2D eigenvalue weighted by Crippen LogP contribution is -2.49. The summed E-state index contributed by atoms with van der Waals surface area (Å²) in [6, 6.07) is 1.65. The highest BCUT2D eigenvalue weighted by atomic mass is 15.2. The third-order valence-corrected chi connectivity index (χ3v) is 5.68. The van der Waals surface area contributed by atoms with Gasteiger partial charge in [0.05, 0.1) is 0 Å². The number of hydrogen-bond donors (Lipinski definition) is 1. The molecule has 2 nitrogen and oxygen atoms in total. The predicted octanol–water partition coefficient (Wildman–Crippen LogP) is 3.67. The molecule has 0 aromatic heterocycles. The van der Waals surface area contributed by atoms with Crippen LogP contribution < -0.4 is 5.32 Å². The Hall–Kier alpha value is -0.0800. The van der Waals surface area contributed by atoms with E-state index in [0.29, 0.717) is 5.41 Å². The molecule has 0 aromatic carbocycles. The van der Waals surface area contributed by atoms with Crippen molar-refractivity contribution in [3.8, 4) is 0 Å². The normalized spacial score (nSPS) is 40.7. The second-order valence-corrected chi connectivity index (χ2v) is 7.39. The molecule has 1 saturated heterocycles. The monoisotopic (exact) mass is 266 g/mol. The van der Waals surface area contributed by atoms with Gasteiger partial charge in [0.1, 0.15) is 0 Å². The van der Waals surface area contributed by atoms with E-state index in [2.05, 4.69) is 38.0 Å². The van der Waals surface area contributed by atoms with Crippen molar-refractivity contribution in [3.63, 3.8) is 0 Å². The van der Waals surface area contributed by atoms with E-state index in [-0.39, 0.29) is 0 Å². The molecule has 0 aromatic rings. The molecular weight excluding hydrogens is 232 g/mol. The minimum atomic E-state index is 0.540. The average molecular weight is 266 g/mol. The summed E-state index contributed by atoms with van der Waals surface area (Å²) in [5.74, 6) is 0.917. The van der Waals surface area contributed by atoms with Gasteiger partial charge in [-0.1, -0.05) is 26.7 Å². The summed E-state index contributed by atoms with van der Waals surface area (Å²) in [5, 5.41) is 3.49. The van der Waals surface area contributed by atoms with E-state index in [1.807, 2.05) is 0 Å². The second kappa shape index (κ2) is 6.58. The fourth-order valence-corrected chi connectivity index (χ4v) is 4.74. The Morgan fingerprint density at radius 2 is 2.00 bits per heavy atom. The van der Waals surface area contributed by atoms with Gasteiger partial charge in [-0.05, 0) is 57.4 Å². The maximum Gasteiger partial charge on any atom is 0.00962 e. The molecule has 4 unspecified atom stereocenters. The SMILES string of the molecule is CCC1CCC(C)N1CC1(CNC)CCCC(C)C1. The lowest BCUT2D eigenvalue weighted by molar-refractivity contribution is 0.0580. The molecule has 0 amide bonds. The van der Waals surface area contributed by atoms with Crippen LogP contribution >= 0.6 is 0 Å². The van der Waals surface area contributed by atoms with E-state index in [1.54, 1.807) is 0 Å². The standard InChI is InChI=1S/C17H34N2/c1-5-16-9-8-15(3)19(16)13-17(12-18-4)10-6-7-14(2)11-17/h14-16,18H,5-13H2,1-4H3. The zero-order chi connectivity index (χ0) is 13.9. The Labute approximate surface area is 120 Å². The molecule has 0 spiro atoms. The van der Waals surface area contributed by atoms with Crippen LogP contribution in [0, 0.1) is 11.3 Å². The fraction of sp³-hybridized carbons (Fsp3) is 1.00. The molecule has 2 heteroatoms. The third kappa shape index (κ3) is 3.52. The van der Waals surface area contributed by atoms with Crippen molar-refractivity contribution in [1.29, 1.82) is 0 Å². The van der Waals surface area contributed by atoms with E-state index in [0.717, 1.165) is 18.0 Å². The summed E-state index contributed by atoms with van der Waals surface area (Å²) in [5.41, 5.74) is 0.540. The van der Waals surface area contributed by atoms with Gasteiger partial charge < -0.3 is 5.32 Å². The lowest BCUT2D eigenvalue weighted by Gasteiger charge is -2.45. The number of hydrogen-bond acceptors (Lipinski definition) is 2. The van der Waals surface area contributed by atoms with Crippen LogP contribution in [-0.2, 0) is 0 Å². The van der Waals surface area contributed by atoms with Crippen molar-refractivity contribution in [2.45, 2.75) is 77.8 Å². The maximum absolute atomic E-state index is 3.49. The zero-order valence-electron chi connectivity index (χ0n) is 13.5. The first-order chi connectivity index (χ1) is 9.10. The summed E-state index contributed by atoms with van der Waals surface area (Å²) < 4.78 is 0. The molecule has 2 rings (SSSR count).